The maximum Gasteiger partial charge on any atom is 0.215 e. The van der Waals surface area contributed by atoms with Gasteiger partial charge in [-0.25, -0.2) is 17.7 Å². The number of aliphatic imine (C=N–C) groups is 1. The van der Waals surface area contributed by atoms with Gasteiger partial charge in [-0.15, -0.1) is 0 Å². The Bertz CT molecular complexity index is 935. The van der Waals surface area contributed by atoms with Gasteiger partial charge in [-0.05, 0) is 25.5 Å². The van der Waals surface area contributed by atoms with E-state index in [2.05, 4.69) is 31.2 Å². The van der Waals surface area contributed by atoms with Crippen molar-refractivity contribution in [3.63, 3.8) is 0 Å². The van der Waals surface area contributed by atoms with Crippen LogP contribution < -0.4 is 10.6 Å². The molecule has 0 radical (unpaired) electrons. The first-order chi connectivity index (χ1) is 14.0. The van der Waals surface area contributed by atoms with E-state index in [4.69, 9.17) is 0 Å². The fourth-order valence-corrected chi connectivity index (χ4v) is 5.89. The number of benzene rings is 1. The van der Waals surface area contributed by atoms with Gasteiger partial charge in [0.15, 0.2) is 5.96 Å². The first kappa shape index (κ1) is 21.9. The average molecular weight is 439 g/mol. The predicted octanol–water partition coefficient (Wildman–Crippen LogP) is 1.28. The van der Waals surface area contributed by atoms with E-state index in [1.807, 2.05) is 25.1 Å². The van der Waals surface area contributed by atoms with Gasteiger partial charge in [0.05, 0.1) is 16.8 Å². The lowest BCUT2D eigenvalue weighted by molar-refractivity contribution is 0.443. The number of imidazole rings is 1. The summed E-state index contributed by atoms with van der Waals surface area (Å²) >= 11 is 1.80. The number of hydrogen-bond acceptors (Lipinski definition) is 5. The molecule has 160 valence electrons. The summed E-state index contributed by atoms with van der Waals surface area (Å²) in [6.07, 6.45) is 0.908. The molecule has 1 fully saturated rings. The molecule has 2 heterocycles. The largest absolute Gasteiger partial charge is 0.356 e. The van der Waals surface area contributed by atoms with Crippen LogP contribution in [0.2, 0.25) is 0 Å². The van der Waals surface area contributed by atoms with Crippen molar-refractivity contribution in [2.75, 3.05) is 50.5 Å². The highest BCUT2D eigenvalue weighted by molar-refractivity contribution is 7.99. The second kappa shape index (κ2) is 10.3. The summed E-state index contributed by atoms with van der Waals surface area (Å²) in [6.45, 7) is 5.19. The summed E-state index contributed by atoms with van der Waals surface area (Å²) in [5, 5.41) is 6.37. The Morgan fingerprint density at radius 1 is 1.21 bits per heavy atom. The third-order valence-electron chi connectivity index (χ3n) is 4.94. The number of aryl methyl sites for hydroxylation is 2. The number of sulfonamides is 1. The summed E-state index contributed by atoms with van der Waals surface area (Å²) in [7, 11) is -1.51. The number of guanidine groups is 1. The predicted molar refractivity (Wildman–Crippen MR) is 121 cm³/mol. The molecule has 0 amide bonds. The van der Waals surface area contributed by atoms with Gasteiger partial charge in [-0.1, -0.05) is 12.1 Å². The fourth-order valence-electron chi connectivity index (χ4n) is 3.40. The van der Waals surface area contributed by atoms with Gasteiger partial charge in [0.2, 0.25) is 10.0 Å². The zero-order valence-electron chi connectivity index (χ0n) is 17.1. The lowest BCUT2D eigenvalue weighted by Crippen LogP contribution is -2.44. The molecule has 1 aliphatic heterocycles. The van der Waals surface area contributed by atoms with Crippen LogP contribution in [0.4, 0.5) is 0 Å². The minimum atomic E-state index is -3.20. The maximum absolute atomic E-state index is 12.4. The first-order valence-electron chi connectivity index (χ1n) is 9.93. The van der Waals surface area contributed by atoms with Crippen molar-refractivity contribution in [2.24, 2.45) is 4.99 Å². The van der Waals surface area contributed by atoms with E-state index in [0.717, 1.165) is 47.9 Å². The Kier molecular flexibility index (Phi) is 7.79. The van der Waals surface area contributed by atoms with E-state index in [9.17, 15) is 8.42 Å². The molecule has 0 spiro atoms. The van der Waals surface area contributed by atoms with E-state index in [-0.39, 0.29) is 5.75 Å². The van der Waals surface area contributed by atoms with E-state index in [1.165, 1.54) is 0 Å². The van der Waals surface area contributed by atoms with Crippen LogP contribution in [0, 0.1) is 6.92 Å². The number of hydrogen-bond donors (Lipinski definition) is 2. The zero-order chi connectivity index (χ0) is 20.7. The molecule has 0 saturated carbocycles. The van der Waals surface area contributed by atoms with Crippen LogP contribution in [-0.2, 0) is 16.6 Å². The van der Waals surface area contributed by atoms with Crippen LogP contribution in [0.25, 0.3) is 11.0 Å². The van der Waals surface area contributed by atoms with E-state index in [0.29, 0.717) is 25.6 Å². The topological polar surface area (TPSA) is 91.6 Å². The van der Waals surface area contributed by atoms with Crippen molar-refractivity contribution in [3.05, 3.63) is 30.1 Å². The zero-order valence-corrected chi connectivity index (χ0v) is 18.7. The molecule has 0 unspecified atom stereocenters. The van der Waals surface area contributed by atoms with Crippen LogP contribution in [0.3, 0.4) is 0 Å². The molecule has 1 aliphatic rings. The van der Waals surface area contributed by atoms with E-state index < -0.39 is 10.0 Å². The normalized spacial score (nSPS) is 16.3. The molecule has 0 atom stereocenters. The molecule has 29 heavy (non-hydrogen) atoms. The molecular formula is C19H30N6O2S2. The van der Waals surface area contributed by atoms with Crippen LogP contribution in [-0.4, -0.2) is 78.7 Å². The number of para-hydroxylation sites is 2. The molecular weight excluding hydrogens is 408 g/mol. The third-order valence-corrected chi connectivity index (χ3v) is 7.75. The molecule has 1 aromatic carbocycles. The lowest BCUT2D eigenvalue weighted by Gasteiger charge is -2.25. The van der Waals surface area contributed by atoms with Gasteiger partial charge in [0.1, 0.15) is 5.82 Å². The Labute approximate surface area is 177 Å². The van der Waals surface area contributed by atoms with E-state index in [1.54, 1.807) is 23.1 Å². The fraction of sp³-hybridized carbons (Fsp3) is 0.579. The molecule has 2 aromatic rings. The quantitative estimate of drug-likeness (QED) is 0.367. The molecule has 0 aliphatic carbocycles. The molecule has 0 bridgehead atoms. The number of rotatable bonds is 8. The summed E-state index contributed by atoms with van der Waals surface area (Å²) in [5.41, 5.74) is 2.16. The molecule has 2 N–H and O–H groups in total. The van der Waals surface area contributed by atoms with Crippen molar-refractivity contribution < 1.29 is 8.42 Å². The standard InChI is InChI=1S/C19H30N6O2S2/c1-16-23-17-6-3-4-7-18(17)25(16)10-5-8-21-19(20-2)22-9-15-29(26,27)24-11-13-28-14-12-24/h3-4,6-7H,5,8-15H2,1-2H3,(H2,20,21,22). The number of aromatic nitrogens is 2. The molecule has 1 aromatic heterocycles. The number of thioether (sulfide) groups is 1. The number of nitrogens with zero attached hydrogens (tertiary/aromatic N) is 4. The van der Waals surface area contributed by atoms with Gasteiger partial charge in [-0.3, -0.25) is 4.99 Å². The first-order valence-corrected chi connectivity index (χ1v) is 12.7. The molecule has 1 saturated heterocycles. The highest BCUT2D eigenvalue weighted by Crippen LogP contribution is 2.15. The van der Waals surface area contributed by atoms with Crippen LogP contribution in [0.1, 0.15) is 12.2 Å². The highest BCUT2D eigenvalue weighted by atomic mass is 32.2. The van der Waals surface area contributed by atoms with Gasteiger partial charge < -0.3 is 15.2 Å². The number of nitrogens with one attached hydrogen (secondary N) is 2. The van der Waals surface area contributed by atoms with Crippen molar-refractivity contribution in [2.45, 2.75) is 19.9 Å². The summed E-state index contributed by atoms with van der Waals surface area (Å²) in [4.78, 5) is 8.78. The van der Waals surface area contributed by atoms with Crippen LogP contribution >= 0.6 is 11.8 Å². The van der Waals surface area contributed by atoms with Crippen molar-refractivity contribution >= 4 is 38.8 Å². The SMILES string of the molecule is CN=C(NCCCn1c(C)nc2ccccc21)NCCS(=O)(=O)N1CCSCC1. The van der Waals surface area contributed by atoms with Gasteiger partial charge in [-0.2, -0.15) is 11.8 Å². The van der Waals surface area contributed by atoms with Crippen molar-refractivity contribution in [1.29, 1.82) is 0 Å². The second-order valence-electron chi connectivity index (χ2n) is 6.91. The molecule has 10 heteroatoms. The Hall–Kier alpha value is -1.78. The monoisotopic (exact) mass is 438 g/mol. The van der Waals surface area contributed by atoms with Gasteiger partial charge in [0, 0.05) is 51.3 Å². The second-order valence-corrected chi connectivity index (χ2v) is 10.2. The summed E-state index contributed by atoms with van der Waals surface area (Å²) < 4.78 is 28.6. The maximum atomic E-state index is 12.4. The minimum Gasteiger partial charge on any atom is -0.356 e. The Balaban J connectivity index is 1.41. The van der Waals surface area contributed by atoms with Crippen molar-refractivity contribution in [1.82, 2.24) is 24.5 Å². The Morgan fingerprint density at radius 2 is 1.93 bits per heavy atom. The highest BCUT2D eigenvalue weighted by Gasteiger charge is 2.23. The number of fused-ring (bicyclic) bond motifs is 1. The van der Waals surface area contributed by atoms with Gasteiger partial charge >= 0.3 is 0 Å². The van der Waals surface area contributed by atoms with Gasteiger partial charge in [0.25, 0.3) is 0 Å². The molecule has 8 nitrogen and oxygen atoms in total. The lowest BCUT2D eigenvalue weighted by atomic mass is 10.3. The average Bonchev–Trinajstić information content (AvgIpc) is 3.05. The third kappa shape index (κ3) is 5.86. The smallest absolute Gasteiger partial charge is 0.215 e. The molecule has 3 rings (SSSR count). The Morgan fingerprint density at radius 3 is 2.69 bits per heavy atom. The van der Waals surface area contributed by atoms with E-state index >= 15 is 0 Å². The minimum absolute atomic E-state index is 0.0819. The van der Waals surface area contributed by atoms with Crippen molar-refractivity contribution in [3.8, 4) is 0 Å². The van der Waals surface area contributed by atoms with Crippen LogP contribution in [0.5, 0.6) is 0 Å². The van der Waals surface area contributed by atoms with Crippen LogP contribution in [0.15, 0.2) is 29.3 Å². The summed E-state index contributed by atoms with van der Waals surface area (Å²) in [5.74, 6) is 3.47. The summed E-state index contributed by atoms with van der Waals surface area (Å²) in [6, 6.07) is 8.14.